The highest BCUT2D eigenvalue weighted by molar-refractivity contribution is 8.13. The highest BCUT2D eigenvalue weighted by atomic mass is 32.2. The molecule has 7 heteroatoms. The van der Waals surface area contributed by atoms with Crippen LogP contribution in [0.25, 0.3) is 0 Å². The third-order valence-electron chi connectivity index (χ3n) is 2.23. The fourth-order valence-corrected chi connectivity index (χ4v) is 1.54. The summed E-state index contributed by atoms with van der Waals surface area (Å²) in [5, 5.41) is 0.824. The van der Waals surface area contributed by atoms with Crippen LogP contribution in [0.15, 0.2) is 9.79 Å². The number of aliphatic imine (C=N–C) groups is 1. The standard InChI is InChI=1S/C9H14N4OS2/c1-5(16-4)11-7-6(10)8(15)13(3)9(14)12(7)2/h10H2,1-4H3/b11-5+. The normalized spacial score (nSPS) is 11.9. The van der Waals surface area contributed by atoms with Crippen molar-refractivity contribution >= 4 is 40.5 Å². The van der Waals surface area contributed by atoms with Crippen molar-refractivity contribution in [2.24, 2.45) is 19.1 Å². The van der Waals surface area contributed by atoms with Gasteiger partial charge in [0.05, 0.1) is 5.04 Å². The molecular formula is C9H14N4OS2. The molecule has 0 fully saturated rings. The molecule has 0 aliphatic carbocycles. The van der Waals surface area contributed by atoms with Crippen LogP contribution in [0, 0.1) is 4.64 Å². The molecule has 0 aliphatic rings. The smallest absolute Gasteiger partial charge is 0.330 e. The van der Waals surface area contributed by atoms with Gasteiger partial charge in [-0.15, -0.1) is 11.8 Å². The second kappa shape index (κ2) is 4.84. The number of nitrogens with two attached hydrogens (primary N) is 1. The summed E-state index contributed by atoms with van der Waals surface area (Å²) in [5.74, 6) is 0.417. The van der Waals surface area contributed by atoms with E-state index in [0.717, 1.165) is 5.04 Å². The summed E-state index contributed by atoms with van der Waals surface area (Å²) >= 11 is 6.56. The van der Waals surface area contributed by atoms with Gasteiger partial charge in [0.2, 0.25) is 0 Å². The summed E-state index contributed by atoms with van der Waals surface area (Å²) in [6, 6.07) is 0. The van der Waals surface area contributed by atoms with Crippen LogP contribution >= 0.6 is 24.0 Å². The summed E-state index contributed by atoms with van der Waals surface area (Å²) in [4.78, 5) is 16.0. The van der Waals surface area contributed by atoms with Crippen LogP contribution in [0.1, 0.15) is 6.92 Å². The lowest BCUT2D eigenvalue weighted by atomic mass is 10.4. The van der Waals surface area contributed by atoms with E-state index in [4.69, 9.17) is 18.0 Å². The van der Waals surface area contributed by atoms with Crippen molar-refractivity contribution in [3.63, 3.8) is 0 Å². The number of nitrogens with zero attached hydrogens (tertiary/aromatic N) is 3. The van der Waals surface area contributed by atoms with Crippen LogP contribution in [0.5, 0.6) is 0 Å². The molecule has 0 amide bonds. The Bertz CT molecular complexity index is 519. The van der Waals surface area contributed by atoms with Gasteiger partial charge in [-0.05, 0) is 13.2 Å². The molecule has 16 heavy (non-hydrogen) atoms. The minimum atomic E-state index is -0.230. The van der Waals surface area contributed by atoms with E-state index < -0.39 is 0 Å². The van der Waals surface area contributed by atoms with Crippen molar-refractivity contribution in [3.05, 3.63) is 15.1 Å². The molecule has 1 heterocycles. The van der Waals surface area contributed by atoms with Crippen LogP contribution in [0.4, 0.5) is 11.5 Å². The largest absolute Gasteiger partial charge is 0.393 e. The molecule has 1 rings (SSSR count). The molecule has 88 valence electrons. The van der Waals surface area contributed by atoms with Crippen molar-refractivity contribution < 1.29 is 0 Å². The van der Waals surface area contributed by atoms with Crippen molar-refractivity contribution in [2.45, 2.75) is 6.92 Å². The minimum Gasteiger partial charge on any atom is -0.393 e. The van der Waals surface area contributed by atoms with Gasteiger partial charge in [-0.3, -0.25) is 9.13 Å². The Morgan fingerprint density at radius 2 is 2.00 bits per heavy atom. The Hall–Kier alpha value is -1.08. The van der Waals surface area contributed by atoms with Crippen molar-refractivity contribution in [1.29, 1.82) is 0 Å². The quantitative estimate of drug-likeness (QED) is 0.470. The summed E-state index contributed by atoms with van der Waals surface area (Å²) in [5.41, 5.74) is 5.98. The van der Waals surface area contributed by atoms with E-state index in [1.54, 1.807) is 14.1 Å². The minimum absolute atomic E-state index is 0.230. The van der Waals surface area contributed by atoms with E-state index in [2.05, 4.69) is 4.99 Å². The van der Waals surface area contributed by atoms with Crippen molar-refractivity contribution in [2.75, 3.05) is 12.0 Å². The van der Waals surface area contributed by atoms with Crippen LogP contribution < -0.4 is 11.4 Å². The molecule has 2 N–H and O–H groups in total. The first-order valence-corrected chi connectivity index (χ1v) is 6.18. The number of rotatable bonds is 1. The van der Waals surface area contributed by atoms with Crippen LogP contribution in [-0.4, -0.2) is 20.4 Å². The molecule has 0 saturated heterocycles. The number of aromatic nitrogens is 2. The zero-order valence-corrected chi connectivity index (χ0v) is 11.3. The highest BCUT2D eigenvalue weighted by Crippen LogP contribution is 2.21. The van der Waals surface area contributed by atoms with Crippen LogP contribution in [0.3, 0.4) is 0 Å². The van der Waals surface area contributed by atoms with E-state index in [9.17, 15) is 4.79 Å². The average Bonchev–Trinajstić information content (AvgIpc) is 2.29. The predicted octanol–water partition coefficient (Wildman–Crippen LogP) is 1.45. The summed E-state index contributed by atoms with van der Waals surface area (Å²) in [7, 11) is 3.22. The van der Waals surface area contributed by atoms with Gasteiger partial charge in [-0.25, -0.2) is 9.79 Å². The fourth-order valence-electron chi connectivity index (χ4n) is 1.19. The Kier molecular flexibility index (Phi) is 3.93. The number of hydrogen-bond acceptors (Lipinski definition) is 5. The maximum Gasteiger partial charge on any atom is 0.330 e. The summed E-state index contributed by atoms with van der Waals surface area (Å²) in [6.45, 7) is 1.85. The molecule has 0 spiro atoms. The maximum atomic E-state index is 11.8. The molecule has 0 aromatic carbocycles. The Morgan fingerprint density at radius 1 is 1.44 bits per heavy atom. The Balaban J connectivity index is 3.66. The Labute approximate surface area is 103 Å². The molecule has 0 bridgehead atoms. The fraction of sp³-hybridized carbons (Fsp3) is 0.444. The summed E-state index contributed by atoms with van der Waals surface area (Å²) < 4.78 is 3.04. The molecule has 0 aliphatic heterocycles. The lowest BCUT2D eigenvalue weighted by Gasteiger charge is -2.10. The van der Waals surface area contributed by atoms with Gasteiger partial charge in [-0.1, -0.05) is 12.2 Å². The zero-order chi connectivity index (χ0) is 12.5. The summed E-state index contributed by atoms with van der Waals surface area (Å²) in [6.07, 6.45) is 1.91. The highest BCUT2D eigenvalue weighted by Gasteiger charge is 2.09. The Morgan fingerprint density at radius 3 is 2.50 bits per heavy atom. The van der Waals surface area contributed by atoms with Gasteiger partial charge < -0.3 is 5.73 Å². The van der Waals surface area contributed by atoms with Crippen molar-refractivity contribution in [1.82, 2.24) is 9.13 Å². The first-order chi connectivity index (χ1) is 7.40. The van der Waals surface area contributed by atoms with Gasteiger partial charge in [0, 0.05) is 14.1 Å². The molecule has 0 unspecified atom stereocenters. The van der Waals surface area contributed by atoms with E-state index in [0.29, 0.717) is 16.1 Å². The lowest BCUT2D eigenvalue weighted by Crippen LogP contribution is -2.28. The van der Waals surface area contributed by atoms with E-state index in [-0.39, 0.29) is 5.69 Å². The SMILES string of the molecule is CS/C(C)=N/c1c(N)c(=S)n(C)c(=O)n1C. The molecule has 5 nitrogen and oxygen atoms in total. The maximum absolute atomic E-state index is 11.8. The van der Waals surface area contributed by atoms with Gasteiger partial charge in [0.1, 0.15) is 10.3 Å². The number of thioether (sulfide) groups is 1. The van der Waals surface area contributed by atoms with Gasteiger partial charge in [0.25, 0.3) is 0 Å². The van der Waals surface area contributed by atoms with Gasteiger partial charge in [0.15, 0.2) is 5.82 Å². The third kappa shape index (κ3) is 2.19. The second-order valence-corrected chi connectivity index (χ2v) is 4.66. The predicted molar refractivity (Wildman–Crippen MR) is 72.2 cm³/mol. The topological polar surface area (TPSA) is 65.3 Å². The lowest BCUT2D eigenvalue weighted by molar-refractivity contribution is 0.705. The number of hydrogen-bond donors (Lipinski definition) is 1. The molecular weight excluding hydrogens is 244 g/mol. The van der Waals surface area contributed by atoms with E-state index in [1.807, 2.05) is 13.2 Å². The van der Waals surface area contributed by atoms with E-state index in [1.165, 1.54) is 20.9 Å². The molecule has 0 saturated carbocycles. The second-order valence-electron chi connectivity index (χ2n) is 3.28. The number of anilines is 1. The third-order valence-corrected chi connectivity index (χ3v) is 3.40. The molecule has 0 radical (unpaired) electrons. The van der Waals surface area contributed by atoms with Crippen LogP contribution in [0.2, 0.25) is 0 Å². The molecule has 1 aromatic rings. The zero-order valence-electron chi connectivity index (χ0n) is 9.64. The first-order valence-electron chi connectivity index (χ1n) is 4.55. The van der Waals surface area contributed by atoms with Gasteiger partial charge >= 0.3 is 5.69 Å². The first kappa shape index (κ1) is 13.0. The van der Waals surface area contributed by atoms with Gasteiger partial charge in [-0.2, -0.15) is 0 Å². The van der Waals surface area contributed by atoms with Crippen molar-refractivity contribution in [3.8, 4) is 0 Å². The van der Waals surface area contributed by atoms with Crippen LogP contribution in [-0.2, 0) is 14.1 Å². The number of nitrogen functional groups attached to an aromatic ring is 1. The molecule has 0 atom stereocenters. The average molecular weight is 258 g/mol. The van der Waals surface area contributed by atoms with E-state index >= 15 is 0 Å². The molecule has 1 aromatic heterocycles. The monoisotopic (exact) mass is 258 g/mol.